The summed E-state index contributed by atoms with van der Waals surface area (Å²) in [6, 6.07) is 20.5. The number of amides is 1. The van der Waals surface area contributed by atoms with E-state index in [1.807, 2.05) is 30.3 Å². The lowest BCUT2D eigenvalue weighted by Gasteiger charge is -2.08. The Morgan fingerprint density at radius 2 is 1.59 bits per heavy atom. The molecule has 5 nitrogen and oxygen atoms in total. The molecule has 1 N–H and O–H groups in total. The van der Waals surface area contributed by atoms with Gasteiger partial charge in [0.05, 0.1) is 23.9 Å². The number of carbonyl (C=O) groups is 1. The van der Waals surface area contributed by atoms with Crippen molar-refractivity contribution >= 4 is 11.6 Å². The molecular formula is C24H18F3N3O2. The normalized spacial score (nSPS) is 11.2. The molecule has 1 aromatic heterocycles. The van der Waals surface area contributed by atoms with Gasteiger partial charge in [0.15, 0.2) is 0 Å². The van der Waals surface area contributed by atoms with Crippen molar-refractivity contribution in [1.82, 2.24) is 9.78 Å². The molecule has 0 fully saturated rings. The van der Waals surface area contributed by atoms with Crippen LogP contribution in [-0.2, 0) is 6.18 Å². The minimum absolute atomic E-state index is 0.226. The van der Waals surface area contributed by atoms with Crippen molar-refractivity contribution in [2.75, 3.05) is 12.4 Å². The first kappa shape index (κ1) is 21.2. The Labute approximate surface area is 182 Å². The van der Waals surface area contributed by atoms with Gasteiger partial charge in [0.25, 0.3) is 5.91 Å². The van der Waals surface area contributed by atoms with Crippen LogP contribution in [0.5, 0.6) is 5.75 Å². The monoisotopic (exact) mass is 437 g/mol. The highest BCUT2D eigenvalue weighted by Crippen LogP contribution is 2.32. The third-order valence-corrected chi connectivity index (χ3v) is 4.81. The van der Waals surface area contributed by atoms with Crippen molar-refractivity contribution in [3.8, 4) is 22.7 Å². The van der Waals surface area contributed by atoms with Crippen LogP contribution in [-0.4, -0.2) is 22.8 Å². The molecule has 4 aromatic rings. The maximum absolute atomic E-state index is 13.1. The van der Waals surface area contributed by atoms with Crippen LogP contribution >= 0.6 is 0 Å². The highest BCUT2D eigenvalue weighted by Gasteiger charge is 2.30. The molecule has 0 saturated carbocycles. The van der Waals surface area contributed by atoms with Gasteiger partial charge in [-0.1, -0.05) is 30.3 Å². The molecule has 0 saturated heterocycles. The molecule has 8 heteroatoms. The van der Waals surface area contributed by atoms with E-state index in [9.17, 15) is 18.0 Å². The SMILES string of the molecule is COc1ccc(NC(=O)c2cn(-c3ccccc3)nc2-c2ccc(C(F)(F)F)cc2)cc1. The zero-order valence-corrected chi connectivity index (χ0v) is 16.9. The lowest BCUT2D eigenvalue weighted by Crippen LogP contribution is -2.12. The predicted molar refractivity (Wildman–Crippen MR) is 115 cm³/mol. The third kappa shape index (κ3) is 4.49. The summed E-state index contributed by atoms with van der Waals surface area (Å²) in [7, 11) is 1.54. The fourth-order valence-electron chi connectivity index (χ4n) is 3.16. The summed E-state index contributed by atoms with van der Waals surface area (Å²) in [5, 5.41) is 7.28. The molecule has 0 aliphatic heterocycles. The lowest BCUT2D eigenvalue weighted by atomic mass is 10.1. The van der Waals surface area contributed by atoms with Gasteiger partial charge in [0, 0.05) is 17.4 Å². The Kier molecular flexibility index (Phi) is 5.68. The maximum atomic E-state index is 13.1. The van der Waals surface area contributed by atoms with Gasteiger partial charge in [-0.3, -0.25) is 4.79 Å². The highest BCUT2D eigenvalue weighted by atomic mass is 19.4. The Bertz CT molecular complexity index is 1220. The quantitative estimate of drug-likeness (QED) is 0.428. The molecule has 32 heavy (non-hydrogen) atoms. The number of halogens is 3. The van der Waals surface area contributed by atoms with E-state index in [4.69, 9.17) is 4.74 Å². The van der Waals surface area contributed by atoms with Gasteiger partial charge in [0.1, 0.15) is 11.4 Å². The first-order valence-electron chi connectivity index (χ1n) is 9.63. The number of hydrogen-bond acceptors (Lipinski definition) is 3. The fraction of sp³-hybridized carbons (Fsp3) is 0.0833. The van der Waals surface area contributed by atoms with Crippen molar-refractivity contribution in [3.63, 3.8) is 0 Å². The van der Waals surface area contributed by atoms with Crippen molar-refractivity contribution in [1.29, 1.82) is 0 Å². The van der Waals surface area contributed by atoms with E-state index in [0.29, 0.717) is 22.7 Å². The second-order valence-corrected chi connectivity index (χ2v) is 6.93. The average molecular weight is 437 g/mol. The Balaban J connectivity index is 1.72. The number of hydrogen-bond donors (Lipinski definition) is 1. The number of alkyl halides is 3. The van der Waals surface area contributed by atoms with E-state index in [-0.39, 0.29) is 11.3 Å². The average Bonchev–Trinajstić information content (AvgIpc) is 3.25. The topological polar surface area (TPSA) is 56.1 Å². The van der Waals surface area contributed by atoms with Gasteiger partial charge >= 0.3 is 6.18 Å². The van der Waals surface area contributed by atoms with Crippen molar-refractivity contribution in [2.45, 2.75) is 6.18 Å². The number of para-hydroxylation sites is 1. The number of anilines is 1. The van der Waals surface area contributed by atoms with Gasteiger partial charge in [-0.05, 0) is 48.5 Å². The molecule has 1 amide bonds. The number of nitrogens with zero attached hydrogens (tertiary/aromatic N) is 2. The minimum Gasteiger partial charge on any atom is -0.497 e. The van der Waals surface area contributed by atoms with Crippen LogP contribution in [0.2, 0.25) is 0 Å². The van der Waals surface area contributed by atoms with E-state index < -0.39 is 17.6 Å². The molecule has 0 unspecified atom stereocenters. The second kappa shape index (κ2) is 8.58. The Morgan fingerprint density at radius 1 is 0.938 bits per heavy atom. The van der Waals surface area contributed by atoms with Gasteiger partial charge in [-0.25, -0.2) is 4.68 Å². The summed E-state index contributed by atoms with van der Waals surface area (Å²) >= 11 is 0. The highest BCUT2D eigenvalue weighted by molar-refractivity contribution is 6.08. The summed E-state index contributed by atoms with van der Waals surface area (Å²) in [4.78, 5) is 13.1. The molecule has 0 spiro atoms. The summed E-state index contributed by atoms with van der Waals surface area (Å²) in [6.45, 7) is 0. The van der Waals surface area contributed by atoms with Gasteiger partial charge in [-0.15, -0.1) is 0 Å². The van der Waals surface area contributed by atoms with Crippen LogP contribution in [0.4, 0.5) is 18.9 Å². The number of aromatic nitrogens is 2. The molecule has 3 aromatic carbocycles. The number of ether oxygens (including phenoxy) is 1. The Hall–Kier alpha value is -4.07. The molecular weight excluding hydrogens is 419 g/mol. The molecule has 4 rings (SSSR count). The largest absolute Gasteiger partial charge is 0.497 e. The number of carbonyl (C=O) groups excluding carboxylic acids is 1. The van der Waals surface area contributed by atoms with Crippen molar-refractivity contribution in [2.24, 2.45) is 0 Å². The van der Waals surface area contributed by atoms with Gasteiger partial charge < -0.3 is 10.1 Å². The first-order chi connectivity index (χ1) is 15.3. The minimum atomic E-state index is -4.45. The smallest absolute Gasteiger partial charge is 0.416 e. The fourth-order valence-corrected chi connectivity index (χ4v) is 3.16. The first-order valence-corrected chi connectivity index (χ1v) is 9.63. The number of rotatable bonds is 5. The number of methoxy groups -OCH3 is 1. The summed E-state index contributed by atoms with van der Waals surface area (Å²) in [5.74, 6) is 0.206. The molecule has 0 radical (unpaired) electrons. The van der Waals surface area contributed by atoms with Crippen LogP contribution in [0.1, 0.15) is 15.9 Å². The zero-order chi connectivity index (χ0) is 22.7. The van der Waals surface area contributed by atoms with Gasteiger partial charge in [0.2, 0.25) is 0 Å². The van der Waals surface area contributed by atoms with E-state index >= 15 is 0 Å². The van der Waals surface area contributed by atoms with E-state index in [0.717, 1.165) is 12.1 Å². The molecule has 0 aliphatic rings. The molecule has 0 bridgehead atoms. The number of nitrogens with one attached hydrogen (secondary N) is 1. The third-order valence-electron chi connectivity index (χ3n) is 4.81. The lowest BCUT2D eigenvalue weighted by molar-refractivity contribution is -0.137. The molecule has 162 valence electrons. The number of benzene rings is 3. The maximum Gasteiger partial charge on any atom is 0.416 e. The van der Waals surface area contributed by atoms with Crippen LogP contribution in [0.25, 0.3) is 16.9 Å². The van der Waals surface area contributed by atoms with E-state index in [1.54, 1.807) is 37.6 Å². The van der Waals surface area contributed by atoms with E-state index in [2.05, 4.69) is 10.4 Å². The summed E-state index contributed by atoms with van der Waals surface area (Å²) < 4.78 is 45.5. The molecule has 0 atom stereocenters. The zero-order valence-electron chi connectivity index (χ0n) is 16.9. The van der Waals surface area contributed by atoms with Gasteiger partial charge in [-0.2, -0.15) is 18.3 Å². The molecule has 0 aliphatic carbocycles. The predicted octanol–water partition coefficient (Wildman–Crippen LogP) is 5.82. The van der Waals surface area contributed by atoms with Crippen LogP contribution < -0.4 is 10.1 Å². The van der Waals surface area contributed by atoms with Crippen LogP contribution in [0.15, 0.2) is 85.1 Å². The molecule has 1 heterocycles. The van der Waals surface area contributed by atoms with E-state index in [1.165, 1.54) is 16.8 Å². The standard InChI is InChI=1S/C24H18F3N3O2/c1-32-20-13-11-18(12-14-20)28-23(31)21-15-30(19-5-3-2-4-6-19)29-22(21)16-7-9-17(10-8-16)24(25,26)27/h2-15H,1H3,(H,28,31). The summed E-state index contributed by atoms with van der Waals surface area (Å²) in [5.41, 5.74) is 1.38. The Morgan fingerprint density at radius 3 is 2.19 bits per heavy atom. The summed E-state index contributed by atoms with van der Waals surface area (Å²) in [6.07, 6.45) is -2.89. The second-order valence-electron chi connectivity index (χ2n) is 6.93. The van der Waals surface area contributed by atoms with Crippen LogP contribution in [0.3, 0.4) is 0 Å². The van der Waals surface area contributed by atoms with Crippen molar-refractivity contribution < 1.29 is 22.7 Å². The van der Waals surface area contributed by atoms with Crippen LogP contribution in [0, 0.1) is 0 Å². The van der Waals surface area contributed by atoms with Crippen molar-refractivity contribution in [3.05, 3.63) is 96.2 Å².